The molecule has 0 saturated carbocycles. The molecule has 2 rings (SSSR count). The fraction of sp³-hybridized carbons (Fsp3) is 0.188. The number of rotatable bonds is 4. The van der Waals surface area contributed by atoms with E-state index in [0.29, 0.717) is 0 Å². The van der Waals surface area contributed by atoms with Crippen molar-refractivity contribution in [2.45, 2.75) is 10.4 Å². The van der Waals surface area contributed by atoms with Crippen LogP contribution in [0.5, 0.6) is 11.5 Å². The average molecular weight is 391 g/mol. The smallest absolute Gasteiger partial charge is 0.456 e. The highest BCUT2D eigenvalue weighted by molar-refractivity contribution is 7.92. The van der Waals surface area contributed by atoms with Gasteiger partial charge in [0.2, 0.25) is 0 Å². The molecule has 0 N–H and O–H groups in total. The summed E-state index contributed by atoms with van der Waals surface area (Å²) >= 11 is 0. The van der Waals surface area contributed by atoms with Gasteiger partial charge in [0.15, 0.2) is 0 Å². The second-order valence-electron chi connectivity index (χ2n) is 5.37. The topological polar surface area (TPSA) is 63.7 Å². The number of benzene rings is 2. The minimum absolute atomic E-state index is 0.0806. The molecule has 2 aromatic rings. The van der Waals surface area contributed by atoms with E-state index >= 15 is 0 Å². The number of nitrogens with zero attached hydrogens (tertiary/aromatic N) is 1. The Balaban J connectivity index is 2.49. The number of alkyl halides is 3. The Morgan fingerprint density at radius 1 is 1.08 bits per heavy atom. The Morgan fingerprint density at radius 3 is 2.31 bits per heavy atom. The standard InChI is InChI=1S/C16H13F4NO4S/c1-21(2)15(22)10-4-3-5-12(8-10)25-13-7-6-11(17)9-14(13)26(23,24)16(18,19)20/h3-9H,1-2H3. The van der Waals surface area contributed by atoms with Crippen LogP contribution in [0.15, 0.2) is 47.4 Å². The van der Waals surface area contributed by atoms with Crippen molar-refractivity contribution in [3.05, 3.63) is 53.8 Å². The number of sulfone groups is 1. The lowest BCUT2D eigenvalue weighted by molar-refractivity contribution is -0.0437. The largest absolute Gasteiger partial charge is 0.502 e. The quantitative estimate of drug-likeness (QED) is 0.747. The van der Waals surface area contributed by atoms with Crippen molar-refractivity contribution in [1.82, 2.24) is 4.90 Å². The van der Waals surface area contributed by atoms with Crippen LogP contribution in [-0.4, -0.2) is 38.8 Å². The number of carbonyl (C=O) groups excluding carboxylic acids is 1. The molecule has 0 radical (unpaired) electrons. The summed E-state index contributed by atoms with van der Waals surface area (Å²) in [5.74, 6) is -2.35. The zero-order valence-electron chi connectivity index (χ0n) is 13.5. The molecular weight excluding hydrogens is 378 g/mol. The summed E-state index contributed by atoms with van der Waals surface area (Å²) in [5, 5.41) is 0. The molecule has 1 amide bonds. The fourth-order valence-electron chi connectivity index (χ4n) is 1.98. The van der Waals surface area contributed by atoms with Crippen LogP contribution in [0, 0.1) is 5.82 Å². The van der Waals surface area contributed by atoms with Crippen molar-refractivity contribution in [1.29, 1.82) is 0 Å². The maximum atomic E-state index is 13.3. The van der Waals surface area contributed by atoms with Gasteiger partial charge in [-0.25, -0.2) is 12.8 Å². The summed E-state index contributed by atoms with van der Waals surface area (Å²) in [4.78, 5) is 11.8. The number of hydrogen-bond donors (Lipinski definition) is 0. The maximum Gasteiger partial charge on any atom is 0.502 e. The van der Waals surface area contributed by atoms with Gasteiger partial charge in [0.1, 0.15) is 22.2 Å². The van der Waals surface area contributed by atoms with Gasteiger partial charge in [0, 0.05) is 19.7 Å². The summed E-state index contributed by atoms with van der Waals surface area (Å²) in [6.07, 6.45) is 0. The van der Waals surface area contributed by atoms with Gasteiger partial charge in [-0.15, -0.1) is 0 Å². The van der Waals surface area contributed by atoms with Gasteiger partial charge in [0.05, 0.1) is 0 Å². The van der Waals surface area contributed by atoms with Crippen LogP contribution in [-0.2, 0) is 9.84 Å². The second kappa shape index (κ2) is 6.94. The van der Waals surface area contributed by atoms with E-state index in [1.807, 2.05) is 0 Å². The van der Waals surface area contributed by atoms with Gasteiger partial charge in [-0.05, 0) is 36.4 Å². The van der Waals surface area contributed by atoms with Gasteiger partial charge < -0.3 is 9.64 Å². The third-order valence-corrected chi connectivity index (χ3v) is 4.72. The van der Waals surface area contributed by atoms with Crippen LogP contribution in [0.1, 0.15) is 10.4 Å². The summed E-state index contributed by atoms with van der Waals surface area (Å²) in [6, 6.07) is 7.18. The summed E-state index contributed by atoms with van der Waals surface area (Å²) in [6.45, 7) is 0. The van der Waals surface area contributed by atoms with Crippen LogP contribution in [0.2, 0.25) is 0 Å². The minimum atomic E-state index is -5.83. The first-order valence-corrected chi connectivity index (χ1v) is 8.52. The van der Waals surface area contributed by atoms with Gasteiger partial charge >= 0.3 is 5.51 Å². The molecular formula is C16H13F4NO4S. The van der Waals surface area contributed by atoms with Crippen molar-refractivity contribution in [3.63, 3.8) is 0 Å². The molecule has 140 valence electrons. The van der Waals surface area contributed by atoms with E-state index < -0.39 is 37.7 Å². The normalized spacial score (nSPS) is 11.9. The molecule has 0 saturated heterocycles. The molecule has 0 aliphatic carbocycles. The predicted octanol–water partition coefficient (Wildman–Crippen LogP) is 3.61. The monoisotopic (exact) mass is 391 g/mol. The molecule has 0 unspecified atom stereocenters. The fourth-order valence-corrected chi connectivity index (χ4v) is 2.87. The molecule has 0 fully saturated rings. The van der Waals surface area contributed by atoms with Crippen molar-refractivity contribution in [3.8, 4) is 11.5 Å². The number of ether oxygens (including phenoxy) is 1. The van der Waals surface area contributed by atoms with E-state index in [0.717, 1.165) is 12.1 Å². The van der Waals surface area contributed by atoms with Crippen molar-refractivity contribution in [2.24, 2.45) is 0 Å². The number of carbonyl (C=O) groups is 1. The van der Waals surface area contributed by atoms with E-state index in [1.165, 1.54) is 43.3 Å². The van der Waals surface area contributed by atoms with Gasteiger partial charge in [-0.2, -0.15) is 13.2 Å². The van der Waals surface area contributed by atoms with E-state index in [1.54, 1.807) is 0 Å². The molecule has 0 heterocycles. The average Bonchev–Trinajstić information content (AvgIpc) is 2.54. The number of halogens is 4. The summed E-state index contributed by atoms with van der Waals surface area (Å²) in [7, 11) is -2.82. The lowest BCUT2D eigenvalue weighted by atomic mass is 10.2. The molecule has 2 aromatic carbocycles. The van der Waals surface area contributed by atoms with Crippen LogP contribution in [0.4, 0.5) is 17.6 Å². The zero-order chi connectivity index (χ0) is 19.7. The van der Waals surface area contributed by atoms with Crippen LogP contribution >= 0.6 is 0 Å². The van der Waals surface area contributed by atoms with Crippen LogP contribution in [0.25, 0.3) is 0 Å². The lowest BCUT2D eigenvalue weighted by Gasteiger charge is -2.15. The Morgan fingerprint density at radius 2 is 1.73 bits per heavy atom. The molecule has 0 spiro atoms. The SMILES string of the molecule is CN(C)C(=O)c1cccc(Oc2ccc(F)cc2S(=O)(=O)C(F)(F)F)c1. The number of hydrogen-bond acceptors (Lipinski definition) is 4. The number of amides is 1. The van der Waals surface area contributed by atoms with Crippen LogP contribution in [0.3, 0.4) is 0 Å². The predicted molar refractivity (Wildman–Crippen MR) is 84.2 cm³/mol. The Kier molecular flexibility index (Phi) is 5.26. The van der Waals surface area contributed by atoms with E-state index in [4.69, 9.17) is 4.74 Å². The maximum absolute atomic E-state index is 13.3. The van der Waals surface area contributed by atoms with E-state index in [-0.39, 0.29) is 17.4 Å². The Labute approximate surface area is 146 Å². The van der Waals surface area contributed by atoms with Gasteiger partial charge in [0.25, 0.3) is 15.7 Å². The first-order valence-electron chi connectivity index (χ1n) is 7.04. The first-order chi connectivity index (χ1) is 11.9. The molecule has 0 aliphatic rings. The van der Waals surface area contributed by atoms with Crippen LogP contribution < -0.4 is 4.74 Å². The van der Waals surface area contributed by atoms with E-state index in [2.05, 4.69) is 0 Å². The molecule has 10 heteroatoms. The molecule has 5 nitrogen and oxygen atoms in total. The highest BCUT2D eigenvalue weighted by Crippen LogP contribution is 2.37. The highest BCUT2D eigenvalue weighted by atomic mass is 32.2. The summed E-state index contributed by atoms with van der Waals surface area (Å²) < 4.78 is 80.3. The molecule has 0 aliphatic heterocycles. The minimum Gasteiger partial charge on any atom is -0.456 e. The van der Waals surface area contributed by atoms with Gasteiger partial charge in [-0.1, -0.05) is 6.07 Å². The molecule has 0 bridgehead atoms. The Bertz CT molecular complexity index is 940. The molecule has 26 heavy (non-hydrogen) atoms. The highest BCUT2D eigenvalue weighted by Gasteiger charge is 2.48. The third-order valence-electron chi connectivity index (χ3n) is 3.21. The van der Waals surface area contributed by atoms with Crippen molar-refractivity contribution in [2.75, 3.05) is 14.1 Å². The molecule has 0 aromatic heterocycles. The lowest BCUT2D eigenvalue weighted by Crippen LogP contribution is -2.24. The second-order valence-corrected chi connectivity index (χ2v) is 7.28. The van der Waals surface area contributed by atoms with E-state index in [9.17, 15) is 30.8 Å². The van der Waals surface area contributed by atoms with Crippen molar-refractivity contribution >= 4 is 15.7 Å². The first kappa shape index (κ1) is 19.7. The Hall–Kier alpha value is -2.62. The summed E-state index contributed by atoms with van der Waals surface area (Å²) in [5.41, 5.74) is -5.45. The van der Waals surface area contributed by atoms with Gasteiger partial charge in [-0.3, -0.25) is 4.79 Å². The zero-order valence-corrected chi connectivity index (χ0v) is 14.4. The third kappa shape index (κ3) is 3.96. The molecule has 0 atom stereocenters. The van der Waals surface area contributed by atoms with Crippen molar-refractivity contribution < 1.29 is 35.5 Å².